The number of hydrogen-bond acceptors (Lipinski definition) is 5. The molecule has 2 heterocycles. The summed E-state index contributed by atoms with van der Waals surface area (Å²) in [4.78, 5) is 34.6. The number of aromatic nitrogens is 3. The van der Waals surface area contributed by atoms with E-state index in [1.54, 1.807) is 23.0 Å². The highest BCUT2D eigenvalue weighted by Gasteiger charge is 2.28. The Morgan fingerprint density at radius 3 is 2.74 bits per heavy atom. The summed E-state index contributed by atoms with van der Waals surface area (Å²) in [5.74, 6) is 1.33. The van der Waals surface area contributed by atoms with Crippen LogP contribution in [0.15, 0.2) is 58.7 Å². The highest BCUT2D eigenvalue weighted by atomic mass is 32.2. The summed E-state index contributed by atoms with van der Waals surface area (Å²) < 4.78 is 1.65. The second-order valence-corrected chi connectivity index (χ2v) is 9.33. The minimum absolute atomic E-state index is 0.00572. The van der Waals surface area contributed by atoms with Gasteiger partial charge in [-0.1, -0.05) is 50.6 Å². The Bertz CT molecular complexity index is 1120. The molecule has 31 heavy (non-hydrogen) atoms. The molecule has 1 fully saturated rings. The summed E-state index contributed by atoms with van der Waals surface area (Å²) in [6.07, 6.45) is 6.83. The van der Waals surface area contributed by atoms with Gasteiger partial charge in [0, 0.05) is 18.4 Å². The number of thioether (sulfide) groups is 1. The fourth-order valence-corrected chi connectivity index (χ4v) is 5.04. The van der Waals surface area contributed by atoms with Crippen molar-refractivity contribution in [1.29, 1.82) is 0 Å². The van der Waals surface area contributed by atoms with Crippen LogP contribution in [0.3, 0.4) is 0 Å². The largest absolute Gasteiger partial charge is 0.352 e. The SMILES string of the molecule is C[C@H]1[C@H](C)CCC[C@H]1NC(=O)CSc1nc2ccccc2c(=O)n1Cc1ccncc1. The Kier molecular flexibility index (Phi) is 6.70. The van der Waals surface area contributed by atoms with Crippen LogP contribution in [-0.4, -0.2) is 32.2 Å². The quantitative estimate of drug-likeness (QED) is 0.469. The number of nitrogens with zero attached hydrogens (tertiary/aromatic N) is 3. The van der Waals surface area contributed by atoms with Crippen molar-refractivity contribution in [3.63, 3.8) is 0 Å². The first-order chi connectivity index (χ1) is 15.0. The lowest BCUT2D eigenvalue weighted by Crippen LogP contribution is -2.44. The molecular formula is C24H28N4O2S. The van der Waals surface area contributed by atoms with Crippen LogP contribution < -0.4 is 10.9 Å². The van der Waals surface area contributed by atoms with Gasteiger partial charge in [0.2, 0.25) is 5.91 Å². The average molecular weight is 437 g/mol. The van der Waals surface area contributed by atoms with Crippen LogP contribution in [0.2, 0.25) is 0 Å². The predicted octanol–water partition coefficient (Wildman–Crippen LogP) is 3.87. The van der Waals surface area contributed by atoms with Gasteiger partial charge in [0.1, 0.15) is 0 Å². The van der Waals surface area contributed by atoms with E-state index in [1.165, 1.54) is 18.2 Å². The van der Waals surface area contributed by atoms with Crippen molar-refractivity contribution in [2.45, 2.75) is 50.9 Å². The van der Waals surface area contributed by atoms with E-state index in [1.807, 2.05) is 30.3 Å². The standard InChI is InChI=1S/C24H28N4O2S/c1-16-6-5-9-20(17(16)2)26-22(29)15-31-24-27-21-8-4-3-7-19(21)23(30)28(24)14-18-10-12-25-13-11-18/h3-4,7-8,10-13,16-17,20H,5-6,9,14-15H2,1-2H3,(H,26,29)/t16-,17+,20-/m1/s1. The van der Waals surface area contributed by atoms with Gasteiger partial charge in [-0.25, -0.2) is 4.98 Å². The molecule has 1 aliphatic carbocycles. The summed E-state index contributed by atoms with van der Waals surface area (Å²) in [6, 6.07) is 11.3. The first-order valence-electron chi connectivity index (χ1n) is 10.8. The Hall–Kier alpha value is -2.67. The van der Waals surface area contributed by atoms with Crippen molar-refractivity contribution in [3.05, 3.63) is 64.7 Å². The lowest BCUT2D eigenvalue weighted by molar-refractivity contribution is -0.120. The summed E-state index contributed by atoms with van der Waals surface area (Å²) in [5.41, 5.74) is 1.52. The minimum Gasteiger partial charge on any atom is -0.352 e. The normalized spacial score (nSPS) is 21.2. The molecule has 1 N–H and O–H groups in total. The summed E-state index contributed by atoms with van der Waals surface area (Å²) in [7, 11) is 0. The van der Waals surface area contributed by atoms with E-state index in [2.05, 4.69) is 24.1 Å². The number of carbonyl (C=O) groups is 1. The van der Waals surface area contributed by atoms with E-state index in [9.17, 15) is 9.59 Å². The zero-order valence-corrected chi connectivity index (χ0v) is 18.8. The van der Waals surface area contributed by atoms with Crippen LogP contribution in [-0.2, 0) is 11.3 Å². The molecule has 1 aromatic carbocycles. The maximum Gasteiger partial charge on any atom is 0.262 e. The van der Waals surface area contributed by atoms with Gasteiger partial charge in [-0.2, -0.15) is 0 Å². The van der Waals surface area contributed by atoms with Crippen LogP contribution in [0.25, 0.3) is 10.9 Å². The fourth-order valence-electron chi connectivity index (χ4n) is 4.23. The summed E-state index contributed by atoms with van der Waals surface area (Å²) >= 11 is 1.32. The minimum atomic E-state index is -0.0972. The molecule has 162 valence electrons. The summed E-state index contributed by atoms with van der Waals surface area (Å²) in [5, 5.41) is 4.34. The zero-order valence-electron chi connectivity index (χ0n) is 18.0. The number of amides is 1. The number of pyridine rings is 1. The Morgan fingerprint density at radius 2 is 1.94 bits per heavy atom. The van der Waals surface area contributed by atoms with E-state index in [-0.39, 0.29) is 23.3 Å². The van der Waals surface area contributed by atoms with Gasteiger partial charge < -0.3 is 5.32 Å². The van der Waals surface area contributed by atoms with Crippen LogP contribution in [0, 0.1) is 11.8 Å². The van der Waals surface area contributed by atoms with Crippen molar-refractivity contribution >= 4 is 28.6 Å². The molecule has 0 spiro atoms. The maximum absolute atomic E-state index is 13.2. The van der Waals surface area contributed by atoms with Gasteiger partial charge in [-0.05, 0) is 48.1 Å². The van der Waals surface area contributed by atoms with E-state index < -0.39 is 0 Å². The highest BCUT2D eigenvalue weighted by Crippen LogP contribution is 2.29. The highest BCUT2D eigenvalue weighted by molar-refractivity contribution is 7.99. The number of para-hydroxylation sites is 1. The van der Waals surface area contributed by atoms with Gasteiger partial charge in [-0.3, -0.25) is 19.1 Å². The lowest BCUT2D eigenvalue weighted by atomic mass is 9.78. The average Bonchev–Trinajstić information content (AvgIpc) is 2.78. The predicted molar refractivity (Wildman–Crippen MR) is 124 cm³/mol. The Labute approximate surface area is 186 Å². The van der Waals surface area contributed by atoms with Crippen LogP contribution in [0.1, 0.15) is 38.7 Å². The van der Waals surface area contributed by atoms with Crippen molar-refractivity contribution in [3.8, 4) is 0 Å². The zero-order chi connectivity index (χ0) is 21.8. The van der Waals surface area contributed by atoms with Crippen molar-refractivity contribution in [2.75, 3.05) is 5.75 Å². The number of hydrogen-bond donors (Lipinski definition) is 1. The molecule has 4 rings (SSSR count). The second kappa shape index (κ2) is 9.64. The first-order valence-corrected chi connectivity index (χ1v) is 11.8. The van der Waals surface area contributed by atoms with Crippen LogP contribution >= 0.6 is 11.8 Å². The molecule has 2 aromatic heterocycles. The first kappa shape index (κ1) is 21.6. The smallest absolute Gasteiger partial charge is 0.262 e. The molecule has 1 amide bonds. The monoisotopic (exact) mass is 436 g/mol. The molecule has 3 aromatic rings. The summed E-state index contributed by atoms with van der Waals surface area (Å²) in [6.45, 7) is 4.87. The number of rotatable bonds is 6. The molecule has 1 saturated carbocycles. The van der Waals surface area contributed by atoms with E-state index >= 15 is 0 Å². The molecule has 0 bridgehead atoms. The molecule has 7 heteroatoms. The maximum atomic E-state index is 13.2. The molecule has 0 unspecified atom stereocenters. The van der Waals surface area contributed by atoms with Crippen LogP contribution in [0.5, 0.6) is 0 Å². The lowest BCUT2D eigenvalue weighted by Gasteiger charge is -2.34. The molecule has 0 saturated heterocycles. The van der Waals surface area contributed by atoms with Gasteiger partial charge >= 0.3 is 0 Å². The third kappa shape index (κ3) is 4.98. The molecule has 0 aliphatic heterocycles. The van der Waals surface area contributed by atoms with E-state index in [4.69, 9.17) is 4.98 Å². The van der Waals surface area contributed by atoms with Crippen molar-refractivity contribution in [1.82, 2.24) is 19.9 Å². The Morgan fingerprint density at radius 1 is 1.16 bits per heavy atom. The molecule has 1 aliphatic rings. The molecule has 3 atom stereocenters. The Balaban J connectivity index is 1.55. The fraction of sp³-hybridized carbons (Fsp3) is 0.417. The van der Waals surface area contributed by atoms with Crippen LogP contribution in [0.4, 0.5) is 0 Å². The molecule has 6 nitrogen and oxygen atoms in total. The molecular weight excluding hydrogens is 408 g/mol. The van der Waals surface area contributed by atoms with Gasteiger partial charge in [0.05, 0.1) is 23.2 Å². The van der Waals surface area contributed by atoms with E-state index in [0.717, 1.165) is 18.4 Å². The molecule has 0 radical (unpaired) electrons. The van der Waals surface area contributed by atoms with Gasteiger partial charge in [-0.15, -0.1) is 0 Å². The van der Waals surface area contributed by atoms with Gasteiger partial charge in [0.15, 0.2) is 5.16 Å². The van der Waals surface area contributed by atoms with Crippen molar-refractivity contribution in [2.24, 2.45) is 11.8 Å². The third-order valence-electron chi connectivity index (χ3n) is 6.30. The topological polar surface area (TPSA) is 76.9 Å². The number of nitrogens with one attached hydrogen (secondary N) is 1. The van der Waals surface area contributed by atoms with Crippen molar-refractivity contribution < 1.29 is 4.79 Å². The number of fused-ring (bicyclic) bond motifs is 1. The third-order valence-corrected chi connectivity index (χ3v) is 7.28. The van der Waals surface area contributed by atoms with Gasteiger partial charge in [0.25, 0.3) is 5.56 Å². The second-order valence-electron chi connectivity index (χ2n) is 8.39. The number of carbonyl (C=O) groups excluding carboxylic acids is 1. The van der Waals surface area contributed by atoms with E-state index in [0.29, 0.717) is 34.4 Å². The number of benzene rings is 1.